The fourth-order valence-electron chi connectivity index (χ4n) is 2.62. The first-order valence-electron chi connectivity index (χ1n) is 7.92. The summed E-state index contributed by atoms with van der Waals surface area (Å²) in [4.78, 5) is 29.3. The molecule has 0 bridgehead atoms. The summed E-state index contributed by atoms with van der Waals surface area (Å²) in [6, 6.07) is 9.41. The van der Waals surface area contributed by atoms with Crippen LogP contribution < -0.4 is 10.2 Å². The quantitative estimate of drug-likeness (QED) is 0.533. The highest BCUT2D eigenvalue weighted by molar-refractivity contribution is 6.31. The minimum absolute atomic E-state index is 0.162. The van der Waals surface area contributed by atoms with Gasteiger partial charge in [-0.3, -0.25) is 14.9 Å². The molecule has 0 fully saturated rings. The lowest BCUT2D eigenvalue weighted by atomic mass is 10.1. The summed E-state index contributed by atoms with van der Waals surface area (Å²) in [7, 11) is 3.67. The van der Waals surface area contributed by atoms with Crippen molar-refractivity contribution in [1.29, 1.82) is 0 Å². The second kappa shape index (κ2) is 7.46. The van der Waals surface area contributed by atoms with Gasteiger partial charge in [-0.1, -0.05) is 11.6 Å². The summed E-state index contributed by atoms with van der Waals surface area (Å²) in [5.41, 5.74) is 1.57. The van der Waals surface area contributed by atoms with Crippen molar-refractivity contribution in [3.8, 4) is 5.69 Å². The fraction of sp³-hybridized carbons (Fsp3) is 0.111. The SMILES string of the molecule is CN(C)c1ccc(Cl)cc1NC(=O)c1ccc(-n2ccnc2)c([N+](=O)[O-])c1. The molecule has 0 aliphatic rings. The first-order chi connectivity index (χ1) is 12.9. The molecule has 1 amide bonds. The number of benzene rings is 2. The van der Waals surface area contributed by atoms with Gasteiger partial charge in [-0.25, -0.2) is 4.98 Å². The number of anilines is 2. The Labute approximate surface area is 160 Å². The number of halogens is 1. The molecule has 0 aliphatic carbocycles. The molecule has 3 aromatic rings. The third kappa shape index (κ3) is 3.90. The molecule has 0 saturated heterocycles. The van der Waals surface area contributed by atoms with Gasteiger partial charge in [0.1, 0.15) is 5.69 Å². The van der Waals surface area contributed by atoms with Gasteiger partial charge in [0, 0.05) is 43.1 Å². The van der Waals surface area contributed by atoms with Crippen LogP contribution in [0.15, 0.2) is 55.1 Å². The molecule has 3 rings (SSSR count). The van der Waals surface area contributed by atoms with E-state index in [2.05, 4.69) is 10.3 Å². The molecular weight excluding hydrogens is 370 g/mol. The number of hydrogen-bond acceptors (Lipinski definition) is 5. The van der Waals surface area contributed by atoms with Gasteiger partial charge in [-0.05, 0) is 30.3 Å². The van der Waals surface area contributed by atoms with Crippen LogP contribution in [0.25, 0.3) is 5.69 Å². The van der Waals surface area contributed by atoms with Crippen molar-refractivity contribution in [2.45, 2.75) is 0 Å². The molecule has 0 unspecified atom stereocenters. The van der Waals surface area contributed by atoms with E-state index in [9.17, 15) is 14.9 Å². The number of nitro benzene ring substituents is 1. The third-order valence-electron chi connectivity index (χ3n) is 3.91. The number of aromatic nitrogens is 2. The molecule has 1 aromatic heterocycles. The van der Waals surface area contributed by atoms with Crippen LogP contribution >= 0.6 is 11.6 Å². The number of nitro groups is 1. The van der Waals surface area contributed by atoms with Crippen molar-refractivity contribution in [1.82, 2.24) is 9.55 Å². The predicted octanol–water partition coefficient (Wildman–Crippen LogP) is 3.75. The van der Waals surface area contributed by atoms with Gasteiger partial charge in [0.25, 0.3) is 11.6 Å². The van der Waals surface area contributed by atoms with Gasteiger partial charge in [-0.2, -0.15) is 0 Å². The maximum absolute atomic E-state index is 12.7. The first-order valence-corrected chi connectivity index (χ1v) is 8.29. The second-order valence-corrected chi connectivity index (χ2v) is 6.38. The number of nitrogens with zero attached hydrogens (tertiary/aromatic N) is 4. The van der Waals surface area contributed by atoms with Crippen molar-refractivity contribution in [3.63, 3.8) is 0 Å². The molecule has 138 valence electrons. The predicted molar refractivity (Wildman–Crippen MR) is 104 cm³/mol. The van der Waals surface area contributed by atoms with E-state index in [1.165, 1.54) is 35.3 Å². The highest BCUT2D eigenvalue weighted by atomic mass is 35.5. The van der Waals surface area contributed by atoms with Crippen LogP contribution in [-0.4, -0.2) is 34.5 Å². The van der Waals surface area contributed by atoms with Crippen LogP contribution in [0.3, 0.4) is 0 Å². The van der Waals surface area contributed by atoms with E-state index in [-0.39, 0.29) is 11.3 Å². The Morgan fingerprint density at radius 2 is 2.04 bits per heavy atom. The van der Waals surface area contributed by atoms with Gasteiger partial charge in [0.05, 0.1) is 22.6 Å². The largest absolute Gasteiger partial charge is 0.376 e. The van der Waals surface area contributed by atoms with Gasteiger partial charge in [-0.15, -0.1) is 0 Å². The minimum atomic E-state index is -0.531. The molecule has 2 aromatic carbocycles. The number of carbonyl (C=O) groups excluding carboxylic acids is 1. The fourth-order valence-corrected chi connectivity index (χ4v) is 2.80. The summed E-state index contributed by atoms with van der Waals surface area (Å²) in [6.45, 7) is 0. The number of nitrogens with one attached hydrogen (secondary N) is 1. The summed E-state index contributed by atoms with van der Waals surface area (Å²) in [6.07, 6.45) is 4.57. The molecule has 0 radical (unpaired) electrons. The topological polar surface area (TPSA) is 93.3 Å². The number of imidazole rings is 1. The molecule has 0 spiro atoms. The van der Waals surface area contributed by atoms with Crippen molar-refractivity contribution in [3.05, 3.63) is 75.8 Å². The Balaban J connectivity index is 1.96. The lowest BCUT2D eigenvalue weighted by Gasteiger charge is -2.18. The molecule has 0 atom stereocenters. The zero-order chi connectivity index (χ0) is 19.6. The Kier molecular flexibility index (Phi) is 5.09. The normalized spacial score (nSPS) is 10.5. The number of amides is 1. The maximum atomic E-state index is 12.7. The molecule has 9 heteroatoms. The van der Waals surface area contributed by atoms with Crippen LogP contribution in [-0.2, 0) is 0 Å². The molecule has 0 aliphatic heterocycles. The second-order valence-electron chi connectivity index (χ2n) is 5.94. The number of carbonyl (C=O) groups is 1. The van der Waals surface area contributed by atoms with Crippen LogP contribution in [0.4, 0.5) is 17.1 Å². The van der Waals surface area contributed by atoms with E-state index in [0.29, 0.717) is 16.4 Å². The molecule has 1 heterocycles. The van der Waals surface area contributed by atoms with E-state index >= 15 is 0 Å². The van der Waals surface area contributed by atoms with Crippen LogP contribution in [0, 0.1) is 10.1 Å². The molecular formula is C18H16ClN5O3. The van der Waals surface area contributed by atoms with E-state index in [1.54, 1.807) is 24.4 Å². The Bertz CT molecular complexity index is 1000. The number of rotatable bonds is 5. The van der Waals surface area contributed by atoms with Crippen LogP contribution in [0.2, 0.25) is 5.02 Å². The zero-order valence-corrected chi connectivity index (χ0v) is 15.3. The average Bonchev–Trinajstić information content (AvgIpc) is 3.15. The van der Waals surface area contributed by atoms with Gasteiger partial charge in [0.15, 0.2) is 0 Å². The first kappa shape index (κ1) is 18.4. The summed E-state index contributed by atoms with van der Waals surface area (Å²) >= 11 is 6.03. The van der Waals surface area contributed by atoms with Crippen molar-refractivity contribution >= 4 is 34.6 Å². The molecule has 0 saturated carbocycles. The van der Waals surface area contributed by atoms with Crippen LogP contribution in [0.5, 0.6) is 0 Å². The smallest absolute Gasteiger partial charge is 0.294 e. The van der Waals surface area contributed by atoms with E-state index < -0.39 is 10.8 Å². The third-order valence-corrected chi connectivity index (χ3v) is 4.14. The van der Waals surface area contributed by atoms with Crippen molar-refractivity contribution in [2.75, 3.05) is 24.3 Å². The highest BCUT2D eigenvalue weighted by Gasteiger charge is 2.19. The zero-order valence-electron chi connectivity index (χ0n) is 14.6. The van der Waals surface area contributed by atoms with Crippen molar-refractivity contribution in [2.24, 2.45) is 0 Å². The van der Waals surface area contributed by atoms with E-state index in [0.717, 1.165) is 5.69 Å². The molecule has 27 heavy (non-hydrogen) atoms. The van der Waals surface area contributed by atoms with Gasteiger partial charge >= 0.3 is 0 Å². The monoisotopic (exact) mass is 385 g/mol. The lowest BCUT2D eigenvalue weighted by molar-refractivity contribution is -0.384. The highest BCUT2D eigenvalue weighted by Crippen LogP contribution is 2.29. The average molecular weight is 386 g/mol. The Hall–Kier alpha value is -3.39. The van der Waals surface area contributed by atoms with E-state index in [1.807, 2.05) is 19.0 Å². The summed E-state index contributed by atoms with van der Waals surface area (Å²) < 4.78 is 1.51. The minimum Gasteiger partial charge on any atom is -0.376 e. The lowest BCUT2D eigenvalue weighted by Crippen LogP contribution is -2.17. The maximum Gasteiger partial charge on any atom is 0.294 e. The Morgan fingerprint density at radius 3 is 2.67 bits per heavy atom. The van der Waals surface area contributed by atoms with Crippen LogP contribution in [0.1, 0.15) is 10.4 Å². The Morgan fingerprint density at radius 1 is 1.26 bits per heavy atom. The number of hydrogen-bond donors (Lipinski definition) is 1. The standard InChI is InChI=1S/C18H16ClN5O3/c1-22(2)15-6-4-13(19)10-14(15)21-18(25)12-3-5-16(17(9-12)24(26)27)23-8-7-20-11-23/h3-11H,1-2H3,(H,21,25). The van der Waals surface area contributed by atoms with Gasteiger partial charge < -0.3 is 14.8 Å². The summed E-state index contributed by atoms with van der Waals surface area (Å²) in [5.74, 6) is -0.472. The molecule has 1 N–H and O–H groups in total. The van der Waals surface area contributed by atoms with Gasteiger partial charge in [0.2, 0.25) is 0 Å². The molecule has 8 nitrogen and oxygen atoms in total. The van der Waals surface area contributed by atoms with Crippen molar-refractivity contribution < 1.29 is 9.72 Å². The van der Waals surface area contributed by atoms with E-state index in [4.69, 9.17) is 11.6 Å². The summed E-state index contributed by atoms with van der Waals surface area (Å²) in [5, 5.41) is 14.7.